The van der Waals surface area contributed by atoms with Crippen LogP contribution in [0.2, 0.25) is 0 Å². The number of hydrogen-bond acceptors (Lipinski definition) is 5. The van der Waals surface area contributed by atoms with Crippen molar-refractivity contribution in [3.63, 3.8) is 0 Å². The van der Waals surface area contributed by atoms with Gasteiger partial charge >= 0.3 is 0 Å². The second kappa shape index (κ2) is 6.72. The van der Waals surface area contributed by atoms with Crippen LogP contribution >= 0.6 is 0 Å². The van der Waals surface area contributed by atoms with E-state index in [9.17, 15) is 8.78 Å². The van der Waals surface area contributed by atoms with Crippen LogP contribution in [0.25, 0.3) is 0 Å². The molecule has 0 amide bonds. The van der Waals surface area contributed by atoms with E-state index in [-0.39, 0.29) is 0 Å². The third-order valence-electron chi connectivity index (χ3n) is 2.30. The molecule has 102 valence electrons. The summed E-state index contributed by atoms with van der Waals surface area (Å²) in [6.45, 7) is -0.407. The van der Waals surface area contributed by atoms with Gasteiger partial charge in [0, 0.05) is 6.07 Å². The molecule has 4 atom stereocenters. The Kier molecular flexibility index (Phi) is 5.57. The lowest BCUT2D eigenvalue weighted by Gasteiger charge is -2.09. The van der Waals surface area contributed by atoms with E-state index in [1.807, 2.05) is 0 Å². The Labute approximate surface area is 102 Å². The zero-order valence-corrected chi connectivity index (χ0v) is 9.28. The SMILES string of the molecule is Fc1cccc(F)c1.OC[C@H]1OC(O)[C@H](O)[C@@H]1O. The van der Waals surface area contributed by atoms with Crippen molar-refractivity contribution >= 4 is 0 Å². The van der Waals surface area contributed by atoms with Crippen LogP contribution in [0.1, 0.15) is 0 Å². The van der Waals surface area contributed by atoms with E-state index < -0.39 is 42.8 Å². The van der Waals surface area contributed by atoms with Gasteiger partial charge in [-0.25, -0.2) is 8.78 Å². The molecule has 1 saturated heterocycles. The molecular weight excluding hydrogens is 250 g/mol. The first-order valence-electron chi connectivity index (χ1n) is 5.17. The van der Waals surface area contributed by atoms with Crippen molar-refractivity contribution in [2.24, 2.45) is 0 Å². The van der Waals surface area contributed by atoms with Gasteiger partial charge in [0.05, 0.1) is 6.61 Å². The number of ether oxygens (including phenoxy) is 1. The number of benzene rings is 1. The van der Waals surface area contributed by atoms with Crippen LogP contribution in [0.15, 0.2) is 24.3 Å². The van der Waals surface area contributed by atoms with E-state index in [2.05, 4.69) is 4.74 Å². The molecule has 2 rings (SSSR count). The number of halogens is 2. The van der Waals surface area contributed by atoms with Gasteiger partial charge in [0.1, 0.15) is 29.9 Å². The molecule has 0 spiro atoms. The molecule has 1 aliphatic rings. The van der Waals surface area contributed by atoms with Crippen molar-refractivity contribution in [3.05, 3.63) is 35.9 Å². The summed E-state index contributed by atoms with van der Waals surface area (Å²) in [5.74, 6) is -1.07. The highest BCUT2D eigenvalue weighted by atomic mass is 19.1. The molecule has 0 aliphatic carbocycles. The zero-order valence-electron chi connectivity index (χ0n) is 9.28. The topological polar surface area (TPSA) is 90.2 Å². The lowest BCUT2D eigenvalue weighted by molar-refractivity contribution is -0.132. The van der Waals surface area contributed by atoms with Gasteiger partial charge in [-0.05, 0) is 12.1 Å². The lowest BCUT2D eigenvalue weighted by Crippen LogP contribution is -2.33. The average molecular weight is 264 g/mol. The fraction of sp³-hybridized carbons (Fsp3) is 0.455. The summed E-state index contributed by atoms with van der Waals surface area (Å²) in [4.78, 5) is 0. The molecule has 1 aliphatic heterocycles. The Balaban J connectivity index is 0.000000184. The molecule has 0 radical (unpaired) electrons. The second-order valence-electron chi connectivity index (χ2n) is 3.67. The molecule has 4 N–H and O–H groups in total. The summed E-state index contributed by atoms with van der Waals surface area (Å²) in [5, 5.41) is 35.0. The van der Waals surface area contributed by atoms with Crippen LogP contribution in [-0.4, -0.2) is 51.6 Å². The zero-order chi connectivity index (χ0) is 13.7. The van der Waals surface area contributed by atoms with Gasteiger partial charge in [-0.15, -0.1) is 0 Å². The number of aliphatic hydroxyl groups is 4. The van der Waals surface area contributed by atoms with E-state index in [1.165, 1.54) is 18.2 Å². The first-order chi connectivity index (χ1) is 8.45. The van der Waals surface area contributed by atoms with Crippen molar-refractivity contribution in [3.8, 4) is 0 Å². The van der Waals surface area contributed by atoms with E-state index in [0.29, 0.717) is 0 Å². The Morgan fingerprint density at radius 1 is 1.06 bits per heavy atom. The molecule has 0 bridgehead atoms. The summed E-state index contributed by atoms with van der Waals surface area (Å²) >= 11 is 0. The Morgan fingerprint density at radius 3 is 1.83 bits per heavy atom. The Hall–Kier alpha value is -1.12. The molecule has 1 fully saturated rings. The van der Waals surface area contributed by atoms with Crippen LogP contribution in [0, 0.1) is 11.6 Å². The minimum atomic E-state index is -1.38. The normalized spacial score (nSPS) is 30.8. The van der Waals surface area contributed by atoms with Crippen molar-refractivity contribution in [1.82, 2.24) is 0 Å². The fourth-order valence-electron chi connectivity index (χ4n) is 1.34. The Bertz CT molecular complexity index is 359. The average Bonchev–Trinajstić information content (AvgIpc) is 2.57. The van der Waals surface area contributed by atoms with Gasteiger partial charge in [-0.1, -0.05) is 6.07 Å². The molecule has 7 heteroatoms. The van der Waals surface area contributed by atoms with E-state index in [0.717, 1.165) is 6.07 Å². The summed E-state index contributed by atoms with van der Waals surface area (Å²) in [7, 11) is 0. The molecule has 0 saturated carbocycles. The van der Waals surface area contributed by atoms with E-state index in [4.69, 9.17) is 20.4 Å². The number of rotatable bonds is 1. The number of hydrogen-bond donors (Lipinski definition) is 4. The van der Waals surface area contributed by atoms with Gasteiger partial charge in [0.2, 0.25) is 0 Å². The monoisotopic (exact) mass is 264 g/mol. The maximum absolute atomic E-state index is 11.9. The molecule has 18 heavy (non-hydrogen) atoms. The minimum Gasteiger partial charge on any atom is -0.394 e. The van der Waals surface area contributed by atoms with Crippen molar-refractivity contribution in [2.75, 3.05) is 6.61 Å². The highest BCUT2D eigenvalue weighted by Crippen LogP contribution is 2.18. The summed E-state index contributed by atoms with van der Waals surface area (Å²) in [6.07, 6.45) is -4.76. The molecule has 5 nitrogen and oxygen atoms in total. The van der Waals surface area contributed by atoms with Gasteiger partial charge in [-0.3, -0.25) is 0 Å². The molecule has 1 unspecified atom stereocenters. The molecule has 0 aromatic heterocycles. The van der Waals surface area contributed by atoms with Crippen molar-refractivity contribution in [1.29, 1.82) is 0 Å². The minimum absolute atomic E-state index is 0.407. The lowest BCUT2D eigenvalue weighted by atomic mass is 10.1. The highest BCUT2D eigenvalue weighted by molar-refractivity contribution is 5.04. The highest BCUT2D eigenvalue weighted by Gasteiger charge is 2.41. The predicted molar refractivity (Wildman–Crippen MR) is 56.3 cm³/mol. The molecule has 1 aromatic carbocycles. The van der Waals surface area contributed by atoms with Crippen molar-refractivity contribution in [2.45, 2.75) is 24.6 Å². The number of aliphatic hydroxyl groups excluding tert-OH is 4. The van der Waals surface area contributed by atoms with E-state index in [1.54, 1.807) is 0 Å². The van der Waals surface area contributed by atoms with Gasteiger partial charge in [0.25, 0.3) is 0 Å². The first kappa shape index (κ1) is 14.9. The third-order valence-corrected chi connectivity index (χ3v) is 2.30. The second-order valence-corrected chi connectivity index (χ2v) is 3.67. The molecule has 1 aromatic rings. The summed E-state index contributed by atoms with van der Waals surface area (Å²) in [5.41, 5.74) is 0. The van der Waals surface area contributed by atoms with Gasteiger partial charge < -0.3 is 25.2 Å². The first-order valence-corrected chi connectivity index (χ1v) is 5.17. The van der Waals surface area contributed by atoms with Gasteiger partial charge in [-0.2, -0.15) is 0 Å². The Morgan fingerprint density at radius 2 is 1.61 bits per heavy atom. The van der Waals surface area contributed by atoms with Crippen molar-refractivity contribution < 1.29 is 33.9 Å². The summed E-state index contributed by atoms with van der Waals surface area (Å²) in [6, 6.07) is 4.55. The maximum atomic E-state index is 11.9. The van der Waals surface area contributed by atoms with Crippen LogP contribution in [0.3, 0.4) is 0 Å². The fourth-order valence-corrected chi connectivity index (χ4v) is 1.34. The summed E-state index contributed by atoms with van der Waals surface area (Å²) < 4.78 is 28.4. The third kappa shape index (κ3) is 3.97. The molecule has 1 heterocycles. The van der Waals surface area contributed by atoms with E-state index >= 15 is 0 Å². The quantitative estimate of drug-likeness (QED) is 0.543. The van der Waals surface area contributed by atoms with Crippen LogP contribution in [0.4, 0.5) is 8.78 Å². The van der Waals surface area contributed by atoms with Crippen LogP contribution in [0.5, 0.6) is 0 Å². The maximum Gasteiger partial charge on any atom is 0.184 e. The smallest absolute Gasteiger partial charge is 0.184 e. The van der Waals surface area contributed by atoms with Gasteiger partial charge in [0.15, 0.2) is 6.29 Å². The largest absolute Gasteiger partial charge is 0.394 e. The molecular formula is C11H14F2O5. The van der Waals surface area contributed by atoms with Crippen LogP contribution in [-0.2, 0) is 4.74 Å². The standard InChI is InChI=1S/C6H4F2.C5H10O5/c7-5-2-1-3-6(8)4-5;6-1-2-3(7)4(8)5(9)10-2/h1-4H;2-9H,1H2/t;2-,3-,4-,5?/m.1/s1. The van der Waals surface area contributed by atoms with Crippen LogP contribution < -0.4 is 0 Å². The predicted octanol–water partition coefficient (Wildman–Crippen LogP) is -0.618.